The Kier molecular flexibility index (Phi) is 5.45. The third-order valence-electron chi connectivity index (χ3n) is 3.56. The molecule has 0 unspecified atom stereocenters. The first-order valence-electron chi connectivity index (χ1n) is 6.84. The second-order valence-corrected chi connectivity index (χ2v) is 7.38. The van der Waals surface area contributed by atoms with Crippen LogP contribution in [0.15, 0.2) is 23.1 Å². The molecular formula is C13H21ClN4O2S. The van der Waals surface area contributed by atoms with Crippen molar-refractivity contribution in [1.82, 2.24) is 14.5 Å². The van der Waals surface area contributed by atoms with E-state index in [1.807, 2.05) is 0 Å². The number of benzene rings is 1. The molecule has 1 fully saturated rings. The van der Waals surface area contributed by atoms with E-state index in [0.717, 1.165) is 26.2 Å². The Morgan fingerprint density at radius 1 is 1.29 bits per heavy atom. The molecule has 0 atom stereocenters. The molecule has 0 radical (unpaired) electrons. The highest BCUT2D eigenvalue weighted by Gasteiger charge is 2.19. The number of likely N-dealkylation sites (N-methyl/N-ethyl adjacent to an activating group) is 1. The maximum atomic E-state index is 12.2. The molecule has 118 valence electrons. The third-order valence-corrected chi connectivity index (χ3v) is 5.51. The standard InChI is InChI=1S/C13H21ClN4O2S/c1-17-6-8-18(9-7-17)5-4-16-21(19,20)13-3-2-11(15)10-12(13)14/h2-3,10,16H,4-9,15H2,1H3. The van der Waals surface area contributed by atoms with Crippen LogP contribution >= 0.6 is 11.6 Å². The molecule has 0 saturated carbocycles. The number of hydrogen-bond acceptors (Lipinski definition) is 5. The summed E-state index contributed by atoms with van der Waals surface area (Å²) in [6.45, 7) is 5.00. The van der Waals surface area contributed by atoms with E-state index < -0.39 is 10.0 Å². The van der Waals surface area contributed by atoms with Crippen LogP contribution in [0.3, 0.4) is 0 Å². The molecule has 2 rings (SSSR count). The summed E-state index contributed by atoms with van der Waals surface area (Å²) in [5, 5.41) is 0.141. The molecule has 1 aliphatic heterocycles. The van der Waals surface area contributed by atoms with Gasteiger partial charge in [0.25, 0.3) is 0 Å². The number of halogens is 1. The average molecular weight is 333 g/mol. The molecule has 3 N–H and O–H groups in total. The lowest BCUT2D eigenvalue weighted by molar-refractivity contribution is 0.156. The van der Waals surface area contributed by atoms with Crippen LogP contribution in [0.1, 0.15) is 0 Å². The number of nitrogens with two attached hydrogens (primary N) is 1. The zero-order valence-electron chi connectivity index (χ0n) is 12.0. The minimum atomic E-state index is -3.59. The lowest BCUT2D eigenvalue weighted by atomic mass is 10.3. The molecule has 0 aromatic heterocycles. The van der Waals surface area contributed by atoms with E-state index in [-0.39, 0.29) is 9.92 Å². The number of anilines is 1. The first-order valence-corrected chi connectivity index (χ1v) is 8.70. The van der Waals surface area contributed by atoms with E-state index in [0.29, 0.717) is 18.8 Å². The molecule has 0 amide bonds. The molecule has 8 heteroatoms. The van der Waals surface area contributed by atoms with Crippen molar-refractivity contribution in [3.05, 3.63) is 23.2 Å². The van der Waals surface area contributed by atoms with Gasteiger partial charge in [-0.2, -0.15) is 0 Å². The van der Waals surface area contributed by atoms with E-state index >= 15 is 0 Å². The second kappa shape index (κ2) is 6.93. The number of nitrogens with zero attached hydrogens (tertiary/aromatic N) is 2. The van der Waals surface area contributed by atoms with E-state index in [2.05, 4.69) is 21.6 Å². The maximum absolute atomic E-state index is 12.2. The summed E-state index contributed by atoms with van der Waals surface area (Å²) in [5.41, 5.74) is 6.01. The summed E-state index contributed by atoms with van der Waals surface area (Å²) in [5.74, 6) is 0. The topological polar surface area (TPSA) is 78.7 Å². The third kappa shape index (κ3) is 4.55. The van der Waals surface area contributed by atoms with Crippen LogP contribution in [-0.4, -0.2) is 64.5 Å². The molecule has 1 aromatic carbocycles. The minimum absolute atomic E-state index is 0.0664. The van der Waals surface area contributed by atoms with E-state index in [1.165, 1.54) is 18.2 Å². The highest BCUT2D eigenvalue weighted by Crippen LogP contribution is 2.23. The molecule has 1 aromatic rings. The second-order valence-electron chi connectivity index (χ2n) is 5.23. The van der Waals surface area contributed by atoms with Gasteiger partial charge in [0.1, 0.15) is 4.90 Å². The number of nitrogen functional groups attached to an aromatic ring is 1. The van der Waals surface area contributed by atoms with Crippen molar-refractivity contribution in [1.29, 1.82) is 0 Å². The average Bonchev–Trinajstić information content (AvgIpc) is 2.40. The van der Waals surface area contributed by atoms with Crippen LogP contribution in [0.5, 0.6) is 0 Å². The molecule has 1 saturated heterocycles. The number of hydrogen-bond donors (Lipinski definition) is 2. The summed E-state index contributed by atoms with van der Waals surface area (Å²) in [6.07, 6.45) is 0. The SMILES string of the molecule is CN1CCN(CCNS(=O)(=O)c2ccc(N)cc2Cl)CC1. The van der Waals surface area contributed by atoms with Crippen molar-refractivity contribution in [3.8, 4) is 0 Å². The monoisotopic (exact) mass is 332 g/mol. The lowest BCUT2D eigenvalue weighted by Gasteiger charge is -2.32. The van der Waals surface area contributed by atoms with E-state index in [1.54, 1.807) is 0 Å². The molecule has 21 heavy (non-hydrogen) atoms. The zero-order valence-corrected chi connectivity index (χ0v) is 13.6. The maximum Gasteiger partial charge on any atom is 0.242 e. The smallest absolute Gasteiger partial charge is 0.242 e. The van der Waals surface area contributed by atoms with Gasteiger partial charge in [-0.3, -0.25) is 4.90 Å². The number of rotatable bonds is 5. The number of nitrogens with one attached hydrogen (secondary N) is 1. The summed E-state index contributed by atoms with van der Waals surface area (Å²) < 4.78 is 27.0. The van der Waals surface area contributed by atoms with Crippen LogP contribution in [-0.2, 0) is 10.0 Å². The molecule has 1 heterocycles. The van der Waals surface area contributed by atoms with Gasteiger partial charge < -0.3 is 10.6 Å². The first-order chi connectivity index (χ1) is 9.88. The Labute approximate surface area is 130 Å². The summed E-state index contributed by atoms with van der Waals surface area (Å²) in [7, 11) is -1.51. The predicted octanol–water partition coefficient (Wildman–Crippen LogP) is 0.448. The Morgan fingerprint density at radius 3 is 2.57 bits per heavy atom. The van der Waals surface area contributed by atoms with E-state index in [4.69, 9.17) is 17.3 Å². The molecule has 1 aliphatic rings. The van der Waals surface area contributed by atoms with Gasteiger partial charge in [-0.15, -0.1) is 0 Å². The van der Waals surface area contributed by atoms with Gasteiger partial charge in [0, 0.05) is 45.0 Å². The fourth-order valence-electron chi connectivity index (χ4n) is 2.22. The van der Waals surface area contributed by atoms with Crippen molar-refractivity contribution in [2.75, 3.05) is 52.0 Å². The van der Waals surface area contributed by atoms with Crippen LogP contribution in [0, 0.1) is 0 Å². The Hall–Kier alpha value is -0.860. The predicted molar refractivity (Wildman–Crippen MR) is 85.0 cm³/mol. The van der Waals surface area contributed by atoms with Crippen molar-refractivity contribution in [3.63, 3.8) is 0 Å². The van der Waals surface area contributed by atoms with Crippen molar-refractivity contribution >= 4 is 27.3 Å². The highest BCUT2D eigenvalue weighted by atomic mass is 35.5. The molecule has 6 nitrogen and oxygen atoms in total. The minimum Gasteiger partial charge on any atom is -0.399 e. The Bertz CT molecular complexity index is 586. The molecule has 0 aliphatic carbocycles. The summed E-state index contributed by atoms with van der Waals surface area (Å²) in [6, 6.07) is 4.40. The Morgan fingerprint density at radius 2 is 1.95 bits per heavy atom. The van der Waals surface area contributed by atoms with Gasteiger partial charge in [-0.1, -0.05) is 11.6 Å². The lowest BCUT2D eigenvalue weighted by Crippen LogP contribution is -2.46. The molecular weight excluding hydrogens is 312 g/mol. The normalized spacial score (nSPS) is 18.0. The van der Waals surface area contributed by atoms with Gasteiger partial charge in [-0.05, 0) is 25.2 Å². The van der Waals surface area contributed by atoms with Gasteiger partial charge in [-0.25, -0.2) is 13.1 Å². The molecule has 0 spiro atoms. The fraction of sp³-hybridized carbons (Fsp3) is 0.538. The Balaban J connectivity index is 1.89. The van der Waals surface area contributed by atoms with Gasteiger partial charge in [0.05, 0.1) is 5.02 Å². The van der Waals surface area contributed by atoms with Crippen LogP contribution in [0.4, 0.5) is 5.69 Å². The summed E-state index contributed by atoms with van der Waals surface area (Å²) >= 11 is 5.94. The largest absolute Gasteiger partial charge is 0.399 e. The molecule has 0 bridgehead atoms. The van der Waals surface area contributed by atoms with Crippen molar-refractivity contribution in [2.24, 2.45) is 0 Å². The van der Waals surface area contributed by atoms with Crippen molar-refractivity contribution in [2.45, 2.75) is 4.90 Å². The fourth-order valence-corrected chi connectivity index (χ4v) is 3.79. The summed E-state index contributed by atoms with van der Waals surface area (Å²) in [4.78, 5) is 4.57. The van der Waals surface area contributed by atoms with Gasteiger partial charge in [0.2, 0.25) is 10.0 Å². The van der Waals surface area contributed by atoms with Crippen LogP contribution in [0.25, 0.3) is 0 Å². The first kappa shape index (κ1) is 16.5. The van der Waals surface area contributed by atoms with Crippen LogP contribution in [0.2, 0.25) is 5.02 Å². The van der Waals surface area contributed by atoms with Gasteiger partial charge in [0.15, 0.2) is 0 Å². The van der Waals surface area contributed by atoms with E-state index in [9.17, 15) is 8.42 Å². The highest BCUT2D eigenvalue weighted by molar-refractivity contribution is 7.89. The van der Waals surface area contributed by atoms with Crippen LogP contribution < -0.4 is 10.5 Å². The van der Waals surface area contributed by atoms with Crippen molar-refractivity contribution < 1.29 is 8.42 Å². The zero-order chi connectivity index (χ0) is 15.5. The number of sulfonamides is 1. The number of piperazine rings is 1. The van der Waals surface area contributed by atoms with Gasteiger partial charge >= 0.3 is 0 Å². The quantitative estimate of drug-likeness (QED) is 0.765.